The van der Waals surface area contributed by atoms with Gasteiger partial charge in [0.15, 0.2) is 5.13 Å². The molecule has 3 aromatic rings. The molecule has 0 amide bonds. The third kappa shape index (κ3) is 9.00. The number of aromatic nitrogens is 1. The van der Waals surface area contributed by atoms with Gasteiger partial charge in [-0.1, -0.05) is 23.2 Å². The average molecular weight is 534 g/mol. The Morgan fingerprint density at radius 3 is 2.73 bits per heavy atom. The molecule has 0 radical (unpaired) electrons. The van der Waals surface area contributed by atoms with Gasteiger partial charge in [0.1, 0.15) is 17.3 Å². The van der Waals surface area contributed by atoms with Crippen molar-refractivity contribution in [3.63, 3.8) is 0 Å². The van der Waals surface area contributed by atoms with Crippen LogP contribution in [0, 0.1) is 5.82 Å². The van der Waals surface area contributed by atoms with Gasteiger partial charge < -0.3 is 25.0 Å². The van der Waals surface area contributed by atoms with E-state index in [1.54, 1.807) is 24.4 Å². The lowest BCUT2D eigenvalue weighted by Gasteiger charge is -2.14. The summed E-state index contributed by atoms with van der Waals surface area (Å²) in [5, 5.41) is 21.8. The number of aliphatic hydroxyl groups is 1. The topological polar surface area (TPSA) is 104 Å². The third-order valence-corrected chi connectivity index (χ3v) is 6.16. The fraction of sp³-hybridized carbons (Fsp3) is 0.238. The first kappa shape index (κ1) is 27.2. The van der Waals surface area contributed by atoms with Gasteiger partial charge in [-0.05, 0) is 61.2 Å². The van der Waals surface area contributed by atoms with E-state index in [0.717, 1.165) is 24.6 Å². The molecule has 2 aromatic carbocycles. The number of nitrogens with one attached hydrogen (secondary N) is 2. The van der Waals surface area contributed by atoms with Crippen LogP contribution < -0.4 is 14.8 Å². The van der Waals surface area contributed by atoms with Crippen LogP contribution in [0.2, 0.25) is 10.0 Å². The fourth-order valence-electron chi connectivity index (χ4n) is 2.60. The van der Waals surface area contributed by atoms with Crippen LogP contribution in [0.3, 0.4) is 0 Å². The second-order valence-corrected chi connectivity index (χ2v) is 8.87. The van der Waals surface area contributed by atoms with Crippen LogP contribution in [0.1, 0.15) is 12.0 Å². The molecule has 0 aliphatic carbocycles. The maximum atomic E-state index is 14.6. The third-order valence-electron chi connectivity index (χ3n) is 3.99. The number of carbonyl (C=O) groups is 1. The minimum atomic E-state index is -0.910. The number of aryl methyl sites for hydroxylation is 1. The normalized spacial score (nSPS) is 10.3. The molecule has 0 saturated heterocycles. The molecule has 178 valence electrons. The number of hydrogen-bond donors (Lipinski definition) is 4. The summed E-state index contributed by atoms with van der Waals surface area (Å²) in [5.41, 5.74) is 0.810. The van der Waals surface area contributed by atoms with Gasteiger partial charge in [-0.3, -0.25) is 4.79 Å². The van der Waals surface area contributed by atoms with Gasteiger partial charge >= 0.3 is 5.97 Å². The largest absolute Gasteiger partial charge is 0.480 e. The van der Waals surface area contributed by atoms with E-state index in [9.17, 15) is 9.18 Å². The van der Waals surface area contributed by atoms with Crippen molar-refractivity contribution in [1.82, 2.24) is 10.3 Å². The van der Waals surface area contributed by atoms with Crippen LogP contribution >= 0.6 is 46.5 Å². The minimum Gasteiger partial charge on any atom is -0.480 e. The molecule has 4 N–H and O–H groups in total. The monoisotopic (exact) mass is 533 g/mol. The molecular formula is C21H22Cl2FN3O4S2. The summed E-state index contributed by atoms with van der Waals surface area (Å²) in [6.45, 7) is 0.418. The SMILES string of the molecule is CO.O=C(O)CNCCCc1cc(Cl)ccc1Oc1cc(F)c(SNc2nccs2)cc1Cl. The van der Waals surface area contributed by atoms with Crippen LogP contribution in [0.15, 0.2) is 46.8 Å². The Bertz CT molecular complexity index is 1040. The van der Waals surface area contributed by atoms with Gasteiger partial charge in [0, 0.05) is 29.8 Å². The van der Waals surface area contributed by atoms with E-state index < -0.39 is 11.8 Å². The van der Waals surface area contributed by atoms with Gasteiger partial charge in [-0.25, -0.2) is 9.37 Å². The van der Waals surface area contributed by atoms with Crippen LogP contribution in [0.5, 0.6) is 11.5 Å². The van der Waals surface area contributed by atoms with Crippen molar-refractivity contribution in [3.8, 4) is 11.5 Å². The Balaban J connectivity index is 0.00000187. The Hall–Kier alpha value is -2.08. The zero-order chi connectivity index (χ0) is 24.2. The quantitative estimate of drug-likeness (QED) is 0.183. The number of nitrogens with zero attached hydrogens (tertiary/aromatic N) is 1. The predicted octanol–water partition coefficient (Wildman–Crippen LogP) is 5.72. The standard InChI is InChI=1S/C20H18Cl2FN3O3S2.CH4O/c21-13-3-4-16(12(8-13)2-1-5-24-11-19(27)28)29-17-10-15(23)18(9-14(17)22)31-26-20-25-6-7-30-20;1-2/h3-4,6-10,24H,1-2,5,11H2,(H,25,26)(H,27,28);2H,1H3. The predicted molar refractivity (Wildman–Crippen MR) is 131 cm³/mol. The summed E-state index contributed by atoms with van der Waals surface area (Å²) in [7, 11) is 1.00. The zero-order valence-corrected chi connectivity index (χ0v) is 20.6. The van der Waals surface area contributed by atoms with Crippen LogP contribution in [-0.2, 0) is 11.2 Å². The van der Waals surface area contributed by atoms with Crippen LogP contribution in [-0.4, -0.2) is 41.4 Å². The molecule has 0 atom stereocenters. The van der Waals surface area contributed by atoms with Crippen molar-refractivity contribution >= 4 is 57.6 Å². The number of anilines is 1. The van der Waals surface area contributed by atoms with Gasteiger partial charge in [0.05, 0.1) is 16.5 Å². The molecule has 0 fully saturated rings. The summed E-state index contributed by atoms with van der Waals surface area (Å²) < 4.78 is 23.4. The van der Waals surface area contributed by atoms with Crippen molar-refractivity contribution < 1.29 is 24.1 Å². The van der Waals surface area contributed by atoms with Gasteiger partial charge in [-0.2, -0.15) is 0 Å². The molecule has 1 heterocycles. The van der Waals surface area contributed by atoms with Gasteiger partial charge in [-0.15, -0.1) is 11.3 Å². The highest BCUT2D eigenvalue weighted by atomic mass is 35.5. The number of aliphatic carboxylic acids is 1. The average Bonchev–Trinajstić information content (AvgIpc) is 3.31. The first-order valence-electron chi connectivity index (χ1n) is 9.57. The molecule has 3 rings (SSSR count). The van der Waals surface area contributed by atoms with E-state index in [0.29, 0.717) is 40.2 Å². The zero-order valence-electron chi connectivity index (χ0n) is 17.5. The van der Waals surface area contributed by atoms with Crippen molar-refractivity contribution in [2.45, 2.75) is 17.7 Å². The molecule has 33 heavy (non-hydrogen) atoms. The highest BCUT2D eigenvalue weighted by Gasteiger charge is 2.14. The van der Waals surface area contributed by atoms with Crippen LogP contribution in [0.4, 0.5) is 9.52 Å². The number of hydrogen-bond acceptors (Lipinski definition) is 8. The van der Waals surface area contributed by atoms with E-state index in [1.165, 1.54) is 23.5 Å². The van der Waals surface area contributed by atoms with Crippen LogP contribution in [0.25, 0.3) is 0 Å². The number of halogens is 3. The summed E-state index contributed by atoms with van der Waals surface area (Å²) in [5.74, 6) is -0.704. The Morgan fingerprint density at radius 2 is 2.03 bits per heavy atom. The molecule has 1 aromatic heterocycles. The maximum Gasteiger partial charge on any atom is 0.317 e. The smallest absolute Gasteiger partial charge is 0.317 e. The number of ether oxygens (including phenoxy) is 1. The second-order valence-electron chi connectivity index (χ2n) is 6.28. The molecule has 0 unspecified atom stereocenters. The first-order chi connectivity index (χ1) is 15.9. The number of carboxylic acid groups (broad SMARTS) is 1. The molecule has 0 aliphatic rings. The summed E-state index contributed by atoms with van der Waals surface area (Å²) in [6.07, 6.45) is 2.91. The van der Waals surface area contributed by atoms with E-state index >= 15 is 0 Å². The van der Waals surface area contributed by atoms with E-state index in [4.69, 9.17) is 38.2 Å². The first-order valence-corrected chi connectivity index (χ1v) is 12.0. The number of carboxylic acids is 1. The lowest BCUT2D eigenvalue weighted by molar-refractivity contribution is -0.135. The highest BCUT2D eigenvalue weighted by Crippen LogP contribution is 2.37. The number of benzene rings is 2. The van der Waals surface area contributed by atoms with Gasteiger partial charge in [0.25, 0.3) is 0 Å². The van der Waals surface area contributed by atoms with Gasteiger partial charge in [0.2, 0.25) is 0 Å². The number of thiazole rings is 1. The molecule has 0 spiro atoms. The highest BCUT2D eigenvalue weighted by molar-refractivity contribution is 8.00. The molecule has 12 heteroatoms. The Morgan fingerprint density at radius 1 is 1.24 bits per heavy atom. The van der Waals surface area contributed by atoms with E-state index in [1.807, 2.05) is 5.38 Å². The van der Waals surface area contributed by atoms with E-state index in [2.05, 4.69) is 15.0 Å². The molecule has 7 nitrogen and oxygen atoms in total. The Kier molecular flexibility index (Phi) is 11.7. The summed E-state index contributed by atoms with van der Waals surface area (Å²) in [6, 6.07) is 7.86. The summed E-state index contributed by atoms with van der Waals surface area (Å²) >= 11 is 14.9. The van der Waals surface area contributed by atoms with E-state index in [-0.39, 0.29) is 17.3 Å². The molecule has 0 saturated carbocycles. The molecule has 0 aliphatic heterocycles. The van der Waals surface area contributed by atoms with Crippen molar-refractivity contribution in [2.24, 2.45) is 0 Å². The Labute approximate surface area is 209 Å². The summed E-state index contributed by atoms with van der Waals surface area (Å²) in [4.78, 5) is 15.0. The molecule has 0 bridgehead atoms. The number of aliphatic hydroxyl groups excluding tert-OH is 1. The van der Waals surface area contributed by atoms with Crippen molar-refractivity contribution in [2.75, 3.05) is 24.9 Å². The number of rotatable bonds is 11. The van der Waals surface area contributed by atoms with Crippen molar-refractivity contribution in [3.05, 3.63) is 63.3 Å². The second kappa shape index (κ2) is 14.2. The maximum absolute atomic E-state index is 14.6. The minimum absolute atomic E-state index is 0.102. The lowest BCUT2D eigenvalue weighted by atomic mass is 10.1. The fourth-order valence-corrected chi connectivity index (χ4v) is 4.33. The molecular weight excluding hydrogens is 512 g/mol. The lowest BCUT2D eigenvalue weighted by Crippen LogP contribution is -2.23. The van der Waals surface area contributed by atoms with Crippen molar-refractivity contribution in [1.29, 1.82) is 0 Å².